The van der Waals surface area contributed by atoms with E-state index in [4.69, 9.17) is 0 Å². The number of hydrogen-bond acceptors (Lipinski definition) is 0. The highest BCUT2D eigenvalue weighted by atomic mass is 19.1. The van der Waals surface area contributed by atoms with E-state index >= 15 is 0 Å². The van der Waals surface area contributed by atoms with Crippen LogP contribution in [0.3, 0.4) is 0 Å². The van der Waals surface area contributed by atoms with E-state index in [1.54, 1.807) is 12.1 Å². The molecular formula is C14H8F3N. The Morgan fingerprint density at radius 3 is 2.17 bits per heavy atom. The van der Waals surface area contributed by atoms with Gasteiger partial charge in [-0.25, -0.2) is 13.2 Å². The molecule has 1 heterocycles. The molecule has 2 aromatic carbocycles. The number of H-pyrrole nitrogens is 1. The molecule has 0 atom stereocenters. The second-order valence-corrected chi connectivity index (χ2v) is 4.07. The Hall–Kier alpha value is -2.23. The number of aromatic nitrogens is 1. The molecule has 0 spiro atoms. The van der Waals surface area contributed by atoms with E-state index in [1.807, 2.05) is 0 Å². The SMILES string of the molecule is Fc1cc(F)cc(-c2cc3cc(F)ccc3[nH]2)c1. The van der Waals surface area contributed by atoms with E-state index in [0.29, 0.717) is 16.6 Å². The van der Waals surface area contributed by atoms with E-state index in [0.717, 1.165) is 11.6 Å². The van der Waals surface area contributed by atoms with E-state index < -0.39 is 11.6 Å². The molecule has 1 N–H and O–H groups in total. The van der Waals surface area contributed by atoms with Gasteiger partial charge in [0.25, 0.3) is 0 Å². The fraction of sp³-hybridized carbons (Fsp3) is 0. The lowest BCUT2D eigenvalue weighted by Gasteiger charge is -1.98. The van der Waals surface area contributed by atoms with Crippen molar-refractivity contribution < 1.29 is 13.2 Å². The van der Waals surface area contributed by atoms with Crippen LogP contribution in [-0.2, 0) is 0 Å². The maximum atomic E-state index is 13.1. The molecule has 90 valence electrons. The van der Waals surface area contributed by atoms with Gasteiger partial charge in [-0.2, -0.15) is 0 Å². The molecule has 0 bridgehead atoms. The quantitative estimate of drug-likeness (QED) is 0.661. The van der Waals surface area contributed by atoms with Crippen LogP contribution >= 0.6 is 0 Å². The van der Waals surface area contributed by atoms with Crippen molar-refractivity contribution in [2.75, 3.05) is 0 Å². The van der Waals surface area contributed by atoms with Gasteiger partial charge in [0, 0.05) is 28.2 Å². The molecule has 0 aliphatic carbocycles. The fourth-order valence-electron chi connectivity index (χ4n) is 1.97. The topological polar surface area (TPSA) is 15.8 Å². The van der Waals surface area contributed by atoms with Crippen LogP contribution in [0.5, 0.6) is 0 Å². The minimum absolute atomic E-state index is 0.349. The maximum Gasteiger partial charge on any atom is 0.126 e. The number of halogens is 3. The van der Waals surface area contributed by atoms with Gasteiger partial charge in [-0.05, 0) is 36.4 Å². The van der Waals surface area contributed by atoms with Crippen molar-refractivity contribution in [3.8, 4) is 11.3 Å². The molecule has 1 nitrogen and oxygen atoms in total. The second kappa shape index (κ2) is 3.91. The third-order valence-electron chi connectivity index (χ3n) is 2.76. The van der Waals surface area contributed by atoms with Gasteiger partial charge in [0.2, 0.25) is 0 Å². The molecule has 0 fully saturated rings. The van der Waals surface area contributed by atoms with Crippen molar-refractivity contribution in [2.45, 2.75) is 0 Å². The number of aromatic amines is 1. The Kier molecular flexibility index (Phi) is 2.37. The fourth-order valence-corrected chi connectivity index (χ4v) is 1.97. The van der Waals surface area contributed by atoms with Crippen molar-refractivity contribution in [3.63, 3.8) is 0 Å². The average molecular weight is 247 g/mol. The number of rotatable bonds is 1. The molecule has 1 aromatic heterocycles. The maximum absolute atomic E-state index is 13.1. The predicted octanol–water partition coefficient (Wildman–Crippen LogP) is 4.25. The summed E-state index contributed by atoms with van der Waals surface area (Å²) in [6.07, 6.45) is 0. The third-order valence-corrected chi connectivity index (χ3v) is 2.76. The molecule has 18 heavy (non-hydrogen) atoms. The normalized spacial score (nSPS) is 11.1. The van der Waals surface area contributed by atoms with E-state index in [9.17, 15) is 13.2 Å². The number of fused-ring (bicyclic) bond motifs is 1. The highest BCUT2D eigenvalue weighted by Gasteiger charge is 2.07. The molecule has 0 saturated heterocycles. The average Bonchev–Trinajstić information content (AvgIpc) is 2.70. The van der Waals surface area contributed by atoms with E-state index in [2.05, 4.69) is 4.98 Å². The molecule has 3 aromatic rings. The van der Waals surface area contributed by atoms with Crippen molar-refractivity contribution in [3.05, 3.63) is 59.9 Å². The van der Waals surface area contributed by atoms with Crippen LogP contribution in [0.25, 0.3) is 22.2 Å². The van der Waals surface area contributed by atoms with Gasteiger partial charge in [-0.15, -0.1) is 0 Å². The van der Waals surface area contributed by atoms with Crippen LogP contribution in [0.4, 0.5) is 13.2 Å². The predicted molar refractivity (Wildman–Crippen MR) is 63.6 cm³/mol. The summed E-state index contributed by atoms with van der Waals surface area (Å²) in [6, 6.07) is 9.20. The molecule has 0 aliphatic heterocycles. The number of hydrogen-bond donors (Lipinski definition) is 1. The zero-order valence-electron chi connectivity index (χ0n) is 9.18. The zero-order chi connectivity index (χ0) is 12.7. The van der Waals surface area contributed by atoms with E-state index in [-0.39, 0.29) is 5.82 Å². The Bertz CT molecular complexity index is 711. The second-order valence-electron chi connectivity index (χ2n) is 4.07. The van der Waals surface area contributed by atoms with Crippen LogP contribution in [0, 0.1) is 17.5 Å². The van der Waals surface area contributed by atoms with Crippen molar-refractivity contribution in [1.29, 1.82) is 0 Å². The van der Waals surface area contributed by atoms with Gasteiger partial charge in [0.1, 0.15) is 17.5 Å². The van der Waals surface area contributed by atoms with Gasteiger partial charge in [-0.3, -0.25) is 0 Å². The minimum atomic E-state index is -0.644. The first-order chi connectivity index (χ1) is 8.61. The van der Waals surface area contributed by atoms with Crippen molar-refractivity contribution >= 4 is 10.9 Å². The Morgan fingerprint density at radius 1 is 0.722 bits per heavy atom. The Balaban J connectivity index is 2.19. The molecule has 3 rings (SSSR count). The molecule has 4 heteroatoms. The van der Waals surface area contributed by atoms with Crippen LogP contribution in [0.2, 0.25) is 0 Å². The summed E-state index contributed by atoms with van der Waals surface area (Å²) in [5.41, 5.74) is 1.66. The molecule has 0 amide bonds. The Labute approximate surface area is 101 Å². The van der Waals surface area contributed by atoms with E-state index in [1.165, 1.54) is 24.3 Å². The molecule has 0 radical (unpaired) electrons. The lowest BCUT2D eigenvalue weighted by Crippen LogP contribution is -1.83. The van der Waals surface area contributed by atoms with Gasteiger partial charge in [0.15, 0.2) is 0 Å². The standard InChI is InChI=1S/C14H8F3N/c15-10-1-2-13-9(3-10)6-14(18-13)8-4-11(16)7-12(17)5-8/h1-7,18H. The molecule has 0 aliphatic rings. The van der Waals surface area contributed by atoms with Crippen LogP contribution in [0.15, 0.2) is 42.5 Å². The summed E-state index contributed by atoms with van der Waals surface area (Å²) in [7, 11) is 0. The summed E-state index contributed by atoms with van der Waals surface area (Å²) < 4.78 is 39.3. The van der Waals surface area contributed by atoms with Crippen LogP contribution in [-0.4, -0.2) is 4.98 Å². The van der Waals surface area contributed by atoms with Crippen molar-refractivity contribution in [1.82, 2.24) is 4.98 Å². The largest absolute Gasteiger partial charge is 0.355 e. The minimum Gasteiger partial charge on any atom is -0.355 e. The van der Waals surface area contributed by atoms with Gasteiger partial charge >= 0.3 is 0 Å². The first kappa shape index (κ1) is 10.9. The summed E-state index contributed by atoms with van der Waals surface area (Å²) >= 11 is 0. The van der Waals surface area contributed by atoms with Gasteiger partial charge < -0.3 is 4.98 Å². The highest BCUT2D eigenvalue weighted by molar-refractivity contribution is 5.85. The Morgan fingerprint density at radius 2 is 1.44 bits per heavy atom. The van der Waals surface area contributed by atoms with Crippen molar-refractivity contribution in [2.24, 2.45) is 0 Å². The summed E-state index contributed by atoms with van der Waals surface area (Å²) in [4.78, 5) is 2.99. The zero-order valence-corrected chi connectivity index (χ0v) is 9.18. The van der Waals surface area contributed by atoms with Crippen LogP contribution < -0.4 is 0 Å². The van der Waals surface area contributed by atoms with Gasteiger partial charge in [-0.1, -0.05) is 0 Å². The molecule has 0 saturated carbocycles. The summed E-state index contributed by atoms with van der Waals surface area (Å²) in [5.74, 6) is -1.64. The lowest BCUT2D eigenvalue weighted by molar-refractivity contribution is 0.584. The third kappa shape index (κ3) is 1.86. The smallest absolute Gasteiger partial charge is 0.126 e. The summed E-state index contributed by atoms with van der Waals surface area (Å²) in [6.45, 7) is 0. The molecule has 0 unspecified atom stereocenters. The number of nitrogens with one attached hydrogen (secondary N) is 1. The summed E-state index contributed by atoms with van der Waals surface area (Å²) in [5, 5.41) is 0.662. The molecular weight excluding hydrogens is 239 g/mol. The van der Waals surface area contributed by atoms with Gasteiger partial charge in [0.05, 0.1) is 0 Å². The number of benzene rings is 2. The monoisotopic (exact) mass is 247 g/mol. The lowest BCUT2D eigenvalue weighted by atomic mass is 10.1. The first-order valence-corrected chi connectivity index (χ1v) is 5.36. The first-order valence-electron chi connectivity index (χ1n) is 5.36. The van der Waals surface area contributed by atoms with Crippen LogP contribution in [0.1, 0.15) is 0 Å². The highest BCUT2D eigenvalue weighted by Crippen LogP contribution is 2.25.